The largest absolute Gasteiger partial charge is 0.495 e. The van der Waals surface area contributed by atoms with Crippen molar-refractivity contribution in [2.75, 3.05) is 29.8 Å². The number of piperidine rings is 1. The molecule has 1 aliphatic rings. The van der Waals surface area contributed by atoms with Gasteiger partial charge in [-0.05, 0) is 50.5 Å². The first-order valence-corrected chi connectivity index (χ1v) is 10.0. The highest BCUT2D eigenvalue weighted by Crippen LogP contribution is 2.33. The van der Waals surface area contributed by atoms with Crippen molar-refractivity contribution in [2.45, 2.75) is 31.1 Å². The number of rotatable bonds is 5. The normalized spacial score (nSPS) is 15.0. The van der Waals surface area contributed by atoms with Crippen LogP contribution in [-0.2, 0) is 10.0 Å². The molecule has 0 amide bonds. The fourth-order valence-electron chi connectivity index (χ4n) is 3.07. The van der Waals surface area contributed by atoms with Crippen molar-refractivity contribution >= 4 is 21.4 Å². The van der Waals surface area contributed by atoms with Crippen LogP contribution in [0.3, 0.4) is 0 Å². The molecule has 0 aliphatic carbocycles. The molecule has 0 bridgehead atoms. The van der Waals surface area contributed by atoms with E-state index >= 15 is 0 Å². The Morgan fingerprint density at radius 2 is 1.68 bits per heavy atom. The zero-order chi connectivity index (χ0) is 17.9. The summed E-state index contributed by atoms with van der Waals surface area (Å²) in [5, 5.41) is 0. The third-order valence-corrected chi connectivity index (χ3v) is 5.86. The number of hydrogen-bond donors (Lipinski definition) is 1. The van der Waals surface area contributed by atoms with Gasteiger partial charge >= 0.3 is 0 Å². The van der Waals surface area contributed by atoms with Crippen LogP contribution in [0.25, 0.3) is 0 Å². The fraction of sp³-hybridized carbons (Fsp3) is 0.368. The van der Waals surface area contributed by atoms with Gasteiger partial charge in [0, 0.05) is 19.2 Å². The molecule has 0 unspecified atom stereocenters. The average molecular weight is 360 g/mol. The molecule has 2 aromatic carbocycles. The second kappa shape index (κ2) is 7.35. The summed E-state index contributed by atoms with van der Waals surface area (Å²) in [7, 11) is -2.00. The van der Waals surface area contributed by atoms with Gasteiger partial charge in [0.15, 0.2) is 0 Å². The van der Waals surface area contributed by atoms with Crippen molar-refractivity contribution in [3.05, 3.63) is 48.0 Å². The SMILES string of the molecule is COc1cc(NS(=O)(=O)c2ccc(C)cc2)ccc1N1CCCCC1. The Kier molecular flexibility index (Phi) is 5.18. The minimum atomic E-state index is -3.61. The maximum absolute atomic E-state index is 12.5. The maximum atomic E-state index is 12.5. The number of nitrogens with one attached hydrogen (secondary N) is 1. The Balaban J connectivity index is 1.84. The van der Waals surface area contributed by atoms with Crippen LogP contribution in [0.2, 0.25) is 0 Å². The second-order valence-corrected chi connectivity index (χ2v) is 8.04. The molecule has 1 fully saturated rings. The van der Waals surface area contributed by atoms with E-state index in [1.54, 1.807) is 43.5 Å². The molecule has 5 nitrogen and oxygen atoms in total. The van der Waals surface area contributed by atoms with Gasteiger partial charge in [0.25, 0.3) is 10.0 Å². The number of nitrogens with zero attached hydrogens (tertiary/aromatic N) is 1. The lowest BCUT2D eigenvalue weighted by molar-refractivity contribution is 0.413. The zero-order valence-electron chi connectivity index (χ0n) is 14.7. The van der Waals surface area contributed by atoms with Gasteiger partial charge in [-0.1, -0.05) is 17.7 Å². The van der Waals surface area contributed by atoms with Crippen molar-refractivity contribution in [1.82, 2.24) is 0 Å². The van der Waals surface area contributed by atoms with Crippen molar-refractivity contribution in [3.63, 3.8) is 0 Å². The Labute approximate surface area is 149 Å². The number of hydrogen-bond acceptors (Lipinski definition) is 4. The Bertz CT molecular complexity index is 826. The predicted octanol–water partition coefficient (Wildman–Crippen LogP) is 3.79. The highest BCUT2D eigenvalue weighted by Gasteiger charge is 2.18. The summed E-state index contributed by atoms with van der Waals surface area (Å²) < 4.78 is 33.2. The van der Waals surface area contributed by atoms with Gasteiger partial charge in [-0.2, -0.15) is 0 Å². The van der Waals surface area contributed by atoms with Gasteiger partial charge in [0.2, 0.25) is 0 Å². The molecule has 3 rings (SSSR count). The molecular weight excluding hydrogens is 336 g/mol. The number of sulfonamides is 1. The maximum Gasteiger partial charge on any atom is 0.261 e. The van der Waals surface area contributed by atoms with Crippen molar-refractivity contribution in [1.29, 1.82) is 0 Å². The lowest BCUT2D eigenvalue weighted by Crippen LogP contribution is -2.29. The van der Waals surface area contributed by atoms with E-state index in [1.807, 2.05) is 13.0 Å². The van der Waals surface area contributed by atoms with Crippen LogP contribution in [0, 0.1) is 6.92 Å². The van der Waals surface area contributed by atoms with Crippen LogP contribution in [0.15, 0.2) is 47.4 Å². The number of benzene rings is 2. The molecule has 1 N–H and O–H groups in total. The monoisotopic (exact) mass is 360 g/mol. The average Bonchev–Trinajstić information content (AvgIpc) is 2.62. The first kappa shape index (κ1) is 17.6. The van der Waals surface area contributed by atoms with Crippen LogP contribution in [0.4, 0.5) is 11.4 Å². The molecule has 6 heteroatoms. The van der Waals surface area contributed by atoms with Gasteiger partial charge in [-0.3, -0.25) is 4.72 Å². The van der Waals surface area contributed by atoms with Gasteiger partial charge in [0.1, 0.15) is 5.75 Å². The van der Waals surface area contributed by atoms with Crippen LogP contribution < -0.4 is 14.4 Å². The summed E-state index contributed by atoms with van der Waals surface area (Å²) in [4.78, 5) is 2.54. The number of aryl methyl sites for hydroxylation is 1. The number of methoxy groups -OCH3 is 1. The van der Waals surface area contributed by atoms with E-state index in [1.165, 1.54) is 19.3 Å². The molecule has 25 heavy (non-hydrogen) atoms. The van der Waals surface area contributed by atoms with Crippen LogP contribution >= 0.6 is 0 Å². The minimum absolute atomic E-state index is 0.247. The topological polar surface area (TPSA) is 58.6 Å². The van der Waals surface area contributed by atoms with Crippen LogP contribution in [-0.4, -0.2) is 28.6 Å². The molecule has 0 saturated carbocycles. The van der Waals surface area contributed by atoms with Gasteiger partial charge in [-0.15, -0.1) is 0 Å². The fourth-order valence-corrected chi connectivity index (χ4v) is 4.12. The summed E-state index contributed by atoms with van der Waals surface area (Å²) in [6.07, 6.45) is 3.60. The molecular formula is C19H24N2O3S. The first-order chi connectivity index (χ1) is 12.0. The van der Waals surface area contributed by atoms with Crippen molar-refractivity contribution in [2.24, 2.45) is 0 Å². The summed E-state index contributed by atoms with van der Waals surface area (Å²) in [6.45, 7) is 3.93. The van der Waals surface area contributed by atoms with Crippen LogP contribution in [0.1, 0.15) is 24.8 Å². The smallest absolute Gasteiger partial charge is 0.261 e. The molecule has 134 valence electrons. The zero-order valence-corrected chi connectivity index (χ0v) is 15.5. The molecule has 1 saturated heterocycles. The van der Waals surface area contributed by atoms with Crippen molar-refractivity contribution < 1.29 is 13.2 Å². The third kappa shape index (κ3) is 4.07. The molecule has 0 radical (unpaired) electrons. The molecule has 0 aromatic heterocycles. The first-order valence-electron chi connectivity index (χ1n) is 8.52. The predicted molar refractivity (Wildman–Crippen MR) is 101 cm³/mol. The Hall–Kier alpha value is -2.21. The van der Waals surface area contributed by atoms with E-state index in [0.717, 1.165) is 24.3 Å². The van der Waals surface area contributed by atoms with E-state index in [9.17, 15) is 8.42 Å². The molecule has 1 aliphatic heterocycles. The standard InChI is InChI=1S/C19H24N2O3S/c1-15-6-9-17(10-7-15)25(22,23)20-16-8-11-18(19(14-16)24-2)21-12-4-3-5-13-21/h6-11,14,20H,3-5,12-13H2,1-2H3. The minimum Gasteiger partial charge on any atom is -0.495 e. The lowest BCUT2D eigenvalue weighted by atomic mass is 10.1. The van der Waals surface area contributed by atoms with Crippen LogP contribution in [0.5, 0.6) is 5.75 Å². The van der Waals surface area contributed by atoms with Gasteiger partial charge in [0.05, 0.1) is 23.4 Å². The summed E-state index contributed by atoms with van der Waals surface area (Å²) in [6, 6.07) is 12.3. The molecule has 2 aromatic rings. The Morgan fingerprint density at radius 1 is 1.00 bits per heavy atom. The van der Waals surface area contributed by atoms with E-state index in [-0.39, 0.29) is 4.90 Å². The molecule has 1 heterocycles. The quantitative estimate of drug-likeness (QED) is 0.881. The second-order valence-electron chi connectivity index (χ2n) is 6.35. The third-order valence-electron chi connectivity index (χ3n) is 4.46. The summed E-state index contributed by atoms with van der Waals surface area (Å²) in [5.74, 6) is 0.686. The van der Waals surface area contributed by atoms with Gasteiger partial charge in [-0.25, -0.2) is 8.42 Å². The summed E-state index contributed by atoms with van der Waals surface area (Å²) in [5.41, 5.74) is 2.53. The summed E-state index contributed by atoms with van der Waals surface area (Å²) >= 11 is 0. The van der Waals surface area contributed by atoms with Crippen molar-refractivity contribution in [3.8, 4) is 5.75 Å². The number of anilines is 2. The number of ether oxygens (including phenoxy) is 1. The Morgan fingerprint density at radius 3 is 2.32 bits per heavy atom. The molecule has 0 spiro atoms. The van der Waals surface area contributed by atoms with E-state index < -0.39 is 10.0 Å². The van der Waals surface area contributed by atoms with E-state index in [4.69, 9.17) is 4.74 Å². The lowest BCUT2D eigenvalue weighted by Gasteiger charge is -2.30. The highest BCUT2D eigenvalue weighted by atomic mass is 32.2. The van der Waals surface area contributed by atoms with Gasteiger partial charge < -0.3 is 9.64 Å². The highest BCUT2D eigenvalue weighted by molar-refractivity contribution is 7.92. The molecule has 0 atom stereocenters. The van der Waals surface area contributed by atoms with E-state index in [2.05, 4.69) is 9.62 Å². The van der Waals surface area contributed by atoms with E-state index in [0.29, 0.717) is 11.4 Å².